The van der Waals surface area contributed by atoms with E-state index in [0.29, 0.717) is 15.3 Å². The summed E-state index contributed by atoms with van der Waals surface area (Å²) in [5, 5.41) is 8.04. The maximum Gasteiger partial charge on any atom is 0.248 e. The third kappa shape index (κ3) is 5.26. The molecular formula is C25H25N3O4S2. The van der Waals surface area contributed by atoms with Gasteiger partial charge >= 0.3 is 0 Å². The molecule has 2 N–H and O–H groups in total. The van der Waals surface area contributed by atoms with Crippen molar-refractivity contribution < 1.29 is 18.0 Å². The number of benzene rings is 3. The normalized spacial score (nSPS) is 12.7. The van der Waals surface area contributed by atoms with Gasteiger partial charge in [0.15, 0.2) is 15.0 Å². The molecule has 0 saturated heterocycles. The van der Waals surface area contributed by atoms with E-state index < -0.39 is 15.9 Å². The molecule has 1 atom stereocenters. The van der Waals surface area contributed by atoms with Gasteiger partial charge in [0.2, 0.25) is 11.8 Å². The van der Waals surface area contributed by atoms with Gasteiger partial charge in [-0.3, -0.25) is 9.59 Å². The first-order valence-corrected chi connectivity index (χ1v) is 13.5. The van der Waals surface area contributed by atoms with E-state index in [1.54, 1.807) is 12.1 Å². The number of amides is 2. The van der Waals surface area contributed by atoms with Crippen LogP contribution < -0.4 is 10.6 Å². The fourth-order valence-electron chi connectivity index (χ4n) is 3.75. The van der Waals surface area contributed by atoms with Gasteiger partial charge < -0.3 is 10.6 Å². The van der Waals surface area contributed by atoms with Crippen molar-refractivity contribution in [1.82, 2.24) is 10.3 Å². The minimum Gasteiger partial charge on any atom is -0.344 e. The molecule has 34 heavy (non-hydrogen) atoms. The number of sulfone groups is 1. The minimum atomic E-state index is -3.34. The summed E-state index contributed by atoms with van der Waals surface area (Å²) in [4.78, 5) is 30.4. The number of hydrogen-bond donors (Lipinski definition) is 2. The average Bonchev–Trinajstić information content (AvgIpc) is 3.18. The minimum absolute atomic E-state index is 0.150. The second-order valence-corrected chi connectivity index (χ2v) is 11.6. The van der Waals surface area contributed by atoms with Crippen LogP contribution in [0.2, 0.25) is 0 Å². The number of nitrogens with zero attached hydrogens (tertiary/aromatic N) is 1. The van der Waals surface area contributed by atoms with Gasteiger partial charge in [-0.1, -0.05) is 67.6 Å². The molecule has 4 aromatic rings. The quantitative estimate of drug-likeness (QED) is 0.400. The Balaban J connectivity index is 1.48. The Morgan fingerprint density at radius 3 is 2.50 bits per heavy atom. The summed E-state index contributed by atoms with van der Waals surface area (Å²) >= 11 is 1.19. The maximum absolute atomic E-state index is 13.0. The second kappa shape index (κ2) is 9.52. The van der Waals surface area contributed by atoms with E-state index in [0.717, 1.165) is 22.6 Å². The lowest BCUT2D eigenvalue weighted by atomic mass is 10.0. The van der Waals surface area contributed by atoms with E-state index in [9.17, 15) is 18.0 Å². The number of hydrogen-bond acceptors (Lipinski definition) is 6. The Bertz CT molecular complexity index is 1490. The van der Waals surface area contributed by atoms with Crippen LogP contribution in [0.4, 0.5) is 5.13 Å². The Hall–Kier alpha value is -3.30. The van der Waals surface area contributed by atoms with E-state index in [1.807, 2.05) is 56.3 Å². The van der Waals surface area contributed by atoms with Crippen LogP contribution in [-0.4, -0.2) is 37.5 Å². The van der Waals surface area contributed by atoms with Gasteiger partial charge in [-0.25, -0.2) is 13.4 Å². The average molecular weight is 496 g/mol. The van der Waals surface area contributed by atoms with Crippen molar-refractivity contribution in [2.24, 2.45) is 5.92 Å². The molecule has 0 bridgehead atoms. The SMILES string of the molecule is CC(C)[C@@H](NC(=O)Cc1cccc2ccccc12)C(=O)Nc1nc2ccc(S(C)(=O)=O)cc2s1. The van der Waals surface area contributed by atoms with Crippen molar-refractivity contribution in [3.63, 3.8) is 0 Å². The predicted octanol–water partition coefficient (Wildman–Crippen LogP) is 4.18. The zero-order chi connectivity index (χ0) is 24.5. The van der Waals surface area contributed by atoms with Crippen molar-refractivity contribution in [2.75, 3.05) is 11.6 Å². The molecule has 0 radical (unpaired) electrons. The van der Waals surface area contributed by atoms with Crippen LogP contribution in [0, 0.1) is 5.92 Å². The van der Waals surface area contributed by atoms with E-state index >= 15 is 0 Å². The molecule has 0 saturated carbocycles. The Morgan fingerprint density at radius 1 is 1.03 bits per heavy atom. The Morgan fingerprint density at radius 2 is 1.76 bits per heavy atom. The first kappa shape index (κ1) is 23.8. The van der Waals surface area contributed by atoms with Crippen LogP contribution in [0.1, 0.15) is 19.4 Å². The molecule has 0 aliphatic carbocycles. The lowest BCUT2D eigenvalue weighted by molar-refractivity contribution is -0.127. The standard InChI is InChI=1S/C25H25N3O4S2/c1-15(2)23(27-22(29)13-17-9-6-8-16-7-4-5-10-19(16)17)24(30)28-25-26-20-12-11-18(34(3,31)32)14-21(20)33-25/h4-12,14-15,23H,13H2,1-3H3,(H,27,29)(H,26,28,30)/t23-/m1/s1. The van der Waals surface area contributed by atoms with Gasteiger partial charge in [0, 0.05) is 6.26 Å². The molecule has 3 aromatic carbocycles. The summed E-state index contributed by atoms with van der Waals surface area (Å²) < 4.78 is 24.3. The first-order valence-electron chi connectivity index (χ1n) is 10.8. The third-order valence-corrected chi connectivity index (χ3v) is 7.56. The van der Waals surface area contributed by atoms with Crippen molar-refractivity contribution in [2.45, 2.75) is 31.2 Å². The molecule has 0 spiro atoms. The smallest absolute Gasteiger partial charge is 0.248 e. The van der Waals surface area contributed by atoms with E-state index in [-0.39, 0.29) is 29.0 Å². The largest absolute Gasteiger partial charge is 0.344 e. The zero-order valence-corrected chi connectivity index (χ0v) is 20.7. The molecule has 176 valence electrons. The Labute approximate surface area is 202 Å². The summed E-state index contributed by atoms with van der Waals surface area (Å²) in [5.74, 6) is -0.765. The van der Waals surface area contributed by atoms with Gasteiger partial charge in [-0.15, -0.1) is 0 Å². The van der Waals surface area contributed by atoms with Gasteiger partial charge in [0.25, 0.3) is 0 Å². The first-order chi connectivity index (χ1) is 16.1. The van der Waals surface area contributed by atoms with E-state index in [2.05, 4.69) is 15.6 Å². The summed E-state index contributed by atoms with van der Waals surface area (Å²) in [6, 6.07) is 17.6. The number of carbonyl (C=O) groups excluding carboxylic acids is 2. The lowest BCUT2D eigenvalue weighted by Gasteiger charge is -2.21. The maximum atomic E-state index is 13.0. The summed E-state index contributed by atoms with van der Waals surface area (Å²) in [5.41, 5.74) is 1.49. The number of carbonyl (C=O) groups is 2. The molecule has 2 amide bonds. The van der Waals surface area contributed by atoms with Crippen LogP contribution in [-0.2, 0) is 25.8 Å². The molecule has 0 aliphatic heterocycles. The van der Waals surface area contributed by atoms with Crippen molar-refractivity contribution in [3.8, 4) is 0 Å². The molecule has 0 fully saturated rings. The fourth-order valence-corrected chi connectivity index (χ4v) is 5.38. The number of aromatic nitrogens is 1. The van der Waals surface area contributed by atoms with Gasteiger partial charge in [-0.05, 0) is 40.5 Å². The van der Waals surface area contributed by atoms with Crippen molar-refractivity contribution >= 4 is 59.1 Å². The fraction of sp³-hybridized carbons (Fsp3) is 0.240. The number of nitrogens with one attached hydrogen (secondary N) is 2. The highest BCUT2D eigenvalue weighted by atomic mass is 32.2. The summed E-state index contributed by atoms with van der Waals surface area (Å²) in [7, 11) is -3.34. The van der Waals surface area contributed by atoms with Crippen LogP contribution in [0.15, 0.2) is 65.6 Å². The predicted molar refractivity (Wildman–Crippen MR) is 136 cm³/mol. The molecule has 7 nitrogen and oxygen atoms in total. The molecule has 0 aliphatic rings. The van der Waals surface area contributed by atoms with E-state index in [1.165, 1.54) is 17.4 Å². The number of thiazole rings is 1. The molecular weight excluding hydrogens is 470 g/mol. The molecule has 4 rings (SSSR count). The summed E-state index contributed by atoms with van der Waals surface area (Å²) in [6.07, 6.45) is 1.30. The number of rotatable bonds is 7. The number of anilines is 1. The highest BCUT2D eigenvalue weighted by molar-refractivity contribution is 7.90. The second-order valence-electron chi connectivity index (χ2n) is 8.51. The highest BCUT2D eigenvalue weighted by Gasteiger charge is 2.25. The number of fused-ring (bicyclic) bond motifs is 2. The lowest BCUT2D eigenvalue weighted by Crippen LogP contribution is -2.47. The van der Waals surface area contributed by atoms with Gasteiger partial charge in [0.05, 0.1) is 21.5 Å². The van der Waals surface area contributed by atoms with Crippen molar-refractivity contribution in [1.29, 1.82) is 0 Å². The van der Waals surface area contributed by atoms with Crippen molar-refractivity contribution in [3.05, 3.63) is 66.2 Å². The molecule has 0 unspecified atom stereocenters. The van der Waals surface area contributed by atoms with Crippen LogP contribution in [0.25, 0.3) is 21.0 Å². The van der Waals surface area contributed by atoms with Gasteiger partial charge in [0.1, 0.15) is 6.04 Å². The zero-order valence-electron chi connectivity index (χ0n) is 19.0. The monoisotopic (exact) mass is 495 g/mol. The topological polar surface area (TPSA) is 105 Å². The van der Waals surface area contributed by atoms with Crippen LogP contribution >= 0.6 is 11.3 Å². The summed E-state index contributed by atoms with van der Waals surface area (Å²) in [6.45, 7) is 3.72. The third-order valence-electron chi connectivity index (χ3n) is 5.51. The van der Waals surface area contributed by atoms with Crippen LogP contribution in [0.3, 0.4) is 0 Å². The molecule has 1 aromatic heterocycles. The highest BCUT2D eigenvalue weighted by Crippen LogP contribution is 2.28. The van der Waals surface area contributed by atoms with Crippen LogP contribution in [0.5, 0.6) is 0 Å². The molecule has 1 heterocycles. The Kier molecular flexibility index (Phi) is 6.67. The molecule has 9 heteroatoms. The van der Waals surface area contributed by atoms with Gasteiger partial charge in [-0.2, -0.15) is 0 Å². The van der Waals surface area contributed by atoms with E-state index in [4.69, 9.17) is 0 Å².